The van der Waals surface area contributed by atoms with Crippen LogP contribution in [0.2, 0.25) is 0 Å². The molecule has 1 saturated heterocycles. The maximum absolute atomic E-state index is 12.1. The summed E-state index contributed by atoms with van der Waals surface area (Å²) in [4.78, 5) is 14.5. The minimum Gasteiger partial charge on any atom is -0.468 e. The van der Waals surface area contributed by atoms with Crippen molar-refractivity contribution in [3.05, 3.63) is 0 Å². The lowest BCUT2D eigenvalue weighted by Crippen LogP contribution is -2.59. The van der Waals surface area contributed by atoms with Crippen LogP contribution in [-0.4, -0.2) is 49.2 Å². The molecule has 2 unspecified atom stereocenters. The van der Waals surface area contributed by atoms with Crippen LogP contribution in [0.25, 0.3) is 0 Å². The van der Waals surface area contributed by atoms with Gasteiger partial charge in [0.05, 0.1) is 7.11 Å². The Balaban J connectivity index is 2.70. The average Bonchev–Trinajstić information content (AvgIpc) is 2.74. The first-order valence-electron chi connectivity index (χ1n) is 7.67. The van der Waals surface area contributed by atoms with E-state index in [1.165, 1.54) is 13.5 Å². The van der Waals surface area contributed by atoms with Crippen molar-refractivity contribution in [3.8, 4) is 0 Å². The standard InChI is InChI=1S/C16H32N2O2/c1-12(2)17-16(6,14(19)20-7)11-18-9-8-13(10-18)15(3,4)5/h12-13,17H,8-11H2,1-7H3. The van der Waals surface area contributed by atoms with Crippen LogP contribution in [0, 0.1) is 11.3 Å². The molecule has 1 N–H and O–H groups in total. The van der Waals surface area contributed by atoms with E-state index < -0.39 is 5.54 Å². The molecule has 0 aromatic heterocycles. The van der Waals surface area contributed by atoms with Gasteiger partial charge < -0.3 is 9.64 Å². The van der Waals surface area contributed by atoms with Crippen molar-refractivity contribution in [2.45, 2.75) is 59.5 Å². The average molecular weight is 284 g/mol. The first-order chi connectivity index (χ1) is 9.08. The quantitative estimate of drug-likeness (QED) is 0.787. The molecule has 0 aliphatic carbocycles. The number of hydrogen-bond donors (Lipinski definition) is 1. The van der Waals surface area contributed by atoms with Gasteiger partial charge in [0.15, 0.2) is 0 Å². The molecule has 2 atom stereocenters. The van der Waals surface area contributed by atoms with E-state index in [1.807, 2.05) is 6.92 Å². The van der Waals surface area contributed by atoms with Gasteiger partial charge in [-0.2, -0.15) is 0 Å². The Labute approximate surface area is 124 Å². The third-order valence-electron chi connectivity index (χ3n) is 4.28. The number of nitrogens with zero attached hydrogens (tertiary/aromatic N) is 1. The van der Waals surface area contributed by atoms with Crippen LogP contribution in [0.3, 0.4) is 0 Å². The third-order valence-corrected chi connectivity index (χ3v) is 4.28. The lowest BCUT2D eigenvalue weighted by Gasteiger charge is -2.34. The first kappa shape index (κ1) is 17.4. The highest BCUT2D eigenvalue weighted by Gasteiger charge is 2.40. The fraction of sp³-hybridized carbons (Fsp3) is 0.938. The molecule has 1 aliphatic heterocycles. The van der Waals surface area contributed by atoms with E-state index in [0.29, 0.717) is 17.9 Å². The second kappa shape index (κ2) is 6.44. The maximum atomic E-state index is 12.1. The third kappa shape index (κ3) is 4.45. The molecular weight excluding hydrogens is 252 g/mol. The number of ether oxygens (including phenoxy) is 1. The summed E-state index contributed by atoms with van der Waals surface area (Å²) in [6.07, 6.45) is 1.21. The zero-order valence-corrected chi connectivity index (χ0v) is 14.2. The van der Waals surface area contributed by atoms with Crippen molar-refractivity contribution in [3.63, 3.8) is 0 Å². The Hall–Kier alpha value is -0.610. The summed E-state index contributed by atoms with van der Waals surface area (Å²) in [5.74, 6) is 0.522. The molecule has 1 fully saturated rings. The van der Waals surface area contributed by atoms with E-state index in [2.05, 4.69) is 44.8 Å². The molecule has 4 nitrogen and oxygen atoms in total. The molecule has 4 heteroatoms. The number of nitrogens with one attached hydrogen (secondary N) is 1. The largest absolute Gasteiger partial charge is 0.468 e. The van der Waals surface area contributed by atoms with Crippen LogP contribution in [-0.2, 0) is 9.53 Å². The summed E-state index contributed by atoms with van der Waals surface area (Å²) in [5, 5.41) is 3.37. The molecule has 0 aromatic carbocycles. The summed E-state index contributed by atoms with van der Waals surface area (Å²) in [5.41, 5.74) is -0.294. The summed E-state index contributed by atoms with van der Waals surface area (Å²) in [7, 11) is 1.46. The molecule has 0 aromatic rings. The number of rotatable bonds is 5. The van der Waals surface area contributed by atoms with Gasteiger partial charge >= 0.3 is 5.97 Å². The van der Waals surface area contributed by atoms with Crippen molar-refractivity contribution in [1.82, 2.24) is 10.2 Å². The van der Waals surface area contributed by atoms with Crippen LogP contribution in [0.5, 0.6) is 0 Å². The van der Waals surface area contributed by atoms with Gasteiger partial charge in [0.25, 0.3) is 0 Å². The van der Waals surface area contributed by atoms with Gasteiger partial charge in [0.1, 0.15) is 5.54 Å². The second-order valence-electron chi connectivity index (χ2n) is 7.71. The molecule has 0 amide bonds. The summed E-state index contributed by atoms with van der Waals surface area (Å²) < 4.78 is 4.99. The number of hydrogen-bond acceptors (Lipinski definition) is 4. The van der Waals surface area contributed by atoms with E-state index in [9.17, 15) is 4.79 Å². The molecule has 0 radical (unpaired) electrons. The maximum Gasteiger partial charge on any atom is 0.327 e. The Morgan fingerprint density at radius 3 is 2.35 bits per heavy atom. The number of likely N-dealkylation sites (tertiary alicyclic amines) is 1. The molecule has 0 bridgehead atoms. The van der Waals surface area contributed by atoms with E-state index in [0.717, 1.165) is 13.1 Å². The molecule has 20 heavy (non-hydrogen) atoms. The minimum absolute atomic E-state index is 0.176. The predicted octanol–water partition coefficient (Wildman–Crippen LogP) is 2.28. The topological polar surface area (TPSA) is 41.6 Å². The normalized spacial score (nSPS) is 23.9. The molecule has 118 valence electrons. The Morgan fingerprint density at radius 1 is 1.35 bits per heavy atom. The lowest BCUT2D eigenvalue weighted by atomic mass is 9.80. The molecule has 0 spiro atoms. The van der Waals surface area contributed by atoms with Crippen molar-refractivity contribution in [2.75, 3.05) is 26.7 Å². The Bertz CT molecular complexity index is 336. The van der Waals surface area contributed by atoms with Gasteiger partial charge in [-0.15, -0.1) is 0 Å². The molecule has 0 saturated carbocycles. The number of esters is 1. The van der Waals surface area contributed by atoms with Crippen LogP contribution in [0.4, 0.5) is 0 Å². The van der Waals surface area contributed by atoms with Crippen LogP contribution in [0.15, 0.2) is 0 Å². The van der Waals surface area contributed by atoms with E-state index in [1.54, 1.807) is 0 Å². The lowest BCUT2D eigenvalue weighted by molar-refractivity contribution is -0.149. The monoisotopic (exact) mass is 284 g/mol. The second-order valence-corrected chi connectivity index (χ2v) is 7.71. The first-order valence-corrected chi connectivity index (χ1v) is 7.67. The van der Waals surface area contributed by atoms with Gasteiger partial charge in [-0.3, -0.25) is 10.1 Å². The van der Waals surface area contributed by atoms with Gasteiger partial charge in [0, 0.05) is 19.1 Å². The van der Waals surface area contributed by atoms with Crippen LogP contribution in [0.1, 0.15) is 48.0 Å². The SMILES string of the molecule is COC(=O)C(C)(CN1CCC(C(C)(C)C)C1)NC(C)C. The van der Waals surface area contributed by atoms with Gasteiger partial charge in [-0.05, 0) is 45.1 Å². The Morgan fingerprint density at radius 2 is 1.95 bits per heavy atom. The van der Waals surface area contributed by atoms with Crippen molar-refractivity contribution >= 4 is 5.97 Å². The summed E-state index contributed by atoms with van der Waals surface area (Å²) in [6.45, 7) is 15.8. The fourth-order valence-electron chi connectivity index (χ4n) is 3.16. The van der Waals surface area contributed by atoms with Gasteiger partial charge in [-0.25, -0.2) is 0 Å². The zero-order valence-electron chi connectivity index (χ0n) is 14.2. The highest BCUT2D eigenvalue weighted by atomic mass is 16.5. The minimum atomic E-state index is -0.629. The molecule has 1 rings (SSSR count). The smallest absolute Gasteiger partial charge is 0.327 e. The number of carbonyl (C=O) groups excluding carboxylic acids is 1. The Kier molecular flexibility index (Phi) is 5.61. The van der Waals surface area contributed by atoms with Crippen molar-refractivity contribution < 1.29 is 9.53 Å². The highest BCUT2D eigenvalue weighted by molar-refractivity contribution is 5.80. The predicted molar refractivity (Wildman–Crippen MR) is 82.7 cm³/mol. The summed E-state index contributed by atoms with van der Waals surface area (Å²) >= 11 is 0. The molecular formula is C16H32N2O2. The molecule has 1 heterocycles. The fourth-order valence-corrected chi connectivity index (χ4v) is 3.16. The van der Waals surface area contributed by atoms with E-state index >= 15 is 0 Å². The number of methoxy groups -OCH3 is 1. The highest BCUT2D eigenvalue weighted by Crippen LogP contribution is 2.34. The van der Waals surface area contributed by atoms with E-state index in [4.69, 9.17) is 4.74 Å². The van der Waals surface area contributed by atoms with Crippen molar-refractivity contribution in [1.29, 1.82) is 0 Å². The van der Waals surface area contributed by atoms with Crippen LogP contribution < -0.4 is 5.32 Å². The summed E-state index contributed by atoms with van der Waals surface area (Å²) in [6, 6.07) is 0.250. The zero-order chi connectivity index (χ0) is 15.6. The number of carbonyl (C=O) groups is 1. The van der Waals surface area contributed by atoms with Crippen molar-refractivity contribution in [2.24, 2.45) is 11.3 Å². The van der Waals surface area contributed by atoms with Gasteiger partial charge in [-0.1, -0.05) is 20.8 Å². The van der Waals surface area contributed by atoms with E-state index in [-0.39, 0.29) is 12.0 Å². The molecule has 1 aliphatic rings. The van der Waals surface area contributed by atoms with Crippen LogP contribution >= 0.6 is 0 Å². The van der Waals surface area contributed by atoms with Gasteiger partial charge in [0.2, 0.25) is 0 Å².